The highest BCUT2D eigenvalue weighted by molar-refractivity contribution is 5.87. The maximum atomic E-state index is 10.4. The van der Waals surface area contributed by atoms with Crippen LogP contribution >= 0.6 is 0 Å². The number of hydrogen-bond donors (Lipinski definition) is 10. The van der Waals surface area contributed by atoms with Gasteiger partial charge in [-0.25, -0.2) is 4.79 Å². The minimum atomic E-state index is -0.944. The zero-order chi connectivity index (χ0) is 34.3. The van der Waals surface area contributed by atoms with Crippen LogP contribution in [-0.2, 0) is 28.8 Å². The monoisotopic (exact) mass is 623 g/mol. The molecule has 11 N–H and O–H groups in total. The largest absolute Gasteiger partial charge is 0.480 e. The van der Waals surface area contributed by atoms with Crippen LogP contribution in [0.2, 0.25) is 0 Å². The number of rotatable bonds is 11. The van der Waals surface area contributed by atoms with Crippen molar-refractivity contribution in [2.24, 2.45) is 17.6 Å². The second-order valence-corrected chi connectivity index (χ2v) is 10.7. The molecule has 0 aliphatic carbocycles. The van der Waals surface area contributed by atoms with Gasteiger partial charge in [-0.3, -0.25) is 24.0 Å². The van der Waals surface area contributed by atoms with Gasteiger partial charge in [-0.05, 0) is 71.5 Å². The van der Waals surface area contributed by atoms with Crippen LogP contribution in [0, 0.1) is 11.8 Å². The van der Waals surface area contributed by atoms with Gasteiger partial charge in [0.15, 0.2) is 0 Å². The molecule has 0 saturated carbocycles. The number of carbonyl (C=O) groups excluding carboxylic acids is 1. The van der Waals surface area contributed by atoms with Crippen LogP contribution in [0.1, 0.15) is 73.1 Å². The maximum Gasteiger partial charge on any atom is 0.326 e. The van der Waals surface area contributed by atoms with Gasteiger partial charge in [-0.2, -0.15) is 0 Å². The van der Waals surface area contributed by atoms with E-state index in [-0.39, 0.29) is 18.0 Å². The lowest BCUT2D eigenvalue weighted by Gasteiger charge is -2.12. The van der Waals surface area contributed by atoms with Crippen molar-refractivity contribution in [3.63, 3.8) is 0 Å². The first-order valence-corrected chi connectivity index (χ1v) is 14.1. The number of carboxylic acid groups (broad SMARTS) is 5. The molecule has 0 aromatic heterocycles. The third-order valence-corrected chi connectivity index (χ3v) is 5.85. The third kappa shape index (κ3) is 26.1. The first kappa shape index (κ1) is 44.1. The van der Waals surface area contributed by atoms with Crippen molar-refractivity contribution >= 4 is 35.8 Å². The second-order valence-electron chi connectivity index (χ2n) is 10.7. The van der Waals surface area contributed by atoms with Gasteiger partial charge in [0.1, 0.15) is 30.2 Å². The predicted molar refractivity (Wildman–Crippen MR) is 159 cm³/mol. The van der Waals surface area contributed by atoms with Crippen molar-refractivity contribution in [3.05, 3.63) is 0 Å². The average molecular weight is 624 g/mol. The van der Waals surface area contributed by atoms with Crippen LogP contribution in [0.3, 0.4) is 0 Å². The van der Waals surface area contributed by atoms with Gasteiger partial charge in [0, 0.05) is 6.42 Å². The second kappa shape index (κ2) is 25.2. The summed E-state index contributed by atoms with van der Waals surface area (Å²) in [7, 11) is 3.28. The van der Waals surface area contributed by atoms with Crippen molar-refractivity contribution in [2.75, 3.05) is 20.6 Å². The molecular formula is C27H53N5O11. The number of carboxylic acids is 5. The normalized spacial score (nSPS) is 18.9. The van der Waals surface area contributed by atoms with E-state index in [1.807, 2.05) is 27.7 Å². The van der Waals surface area contributed by atoms with Crippen LogP contribution in [0.15, 0.2) is 0 Å². The van der Waals surface area contributed by atoms with Crippen molar-refractivity contribution in [1.29, 1.82) is 0 Å². The molecule has 2 fully saturated rings. The highest BCUT2D eigenvalue weighted by atomic mass is 16.4. The molecule has 16 heteroatoms. The number of nitrogens with one attached hydrogen (secondary N) is 4. The van der Waals surface area contributed by atoms with Gasteiger partial charge in [-0.1, -0.05) is 27.7 Å². The Hall–Kier alpha value is -3.34. The molecule has 2 aliphatic rings. The zero-order valence-electron chi connectivity index (χ0n) is 26.3. The van der Waals surface area contributed by atoms with Crippen LogP contribution in [0.25, 0.3) is 0 Å². The quantitative estimate of drug-likeness (QED) is 0.145. The van der Waals surface area contributed by atoms with E-state index in [4.69, 9.17) is 31.3 Å². The van der Waals surface area contributed by atoms with Crippen LogP contribution in [0.4, 0.5) is 0 Å². The Balaban J connectivity index is -0.000000467. The average Bonchev–Trinajstić information content (AvgIpc) is 3.60. The molecule has 252 valence electrons. The summed E-state index contributed by atoms with van der Waals surface area (Å²) in [6, 6.07) is -2.42. The number of hydrogen-bond acceptors (Lipinski definition) is 10. The molecule has 2 rings (SSSR count). The zero-order valence-corrected chi connectivity index (χ0v) is 26.3. The molecule has 1 unspecified atom stereocenters. The number of nitrogens with two attached hydrogens (primary N) is 1. The SMILES string of the molecule is CC(C)CC(N)C(=O)O.CN[C@@H](C)C(=O)O.CN[C@@H](CC(C)C)C(=O)O.O=C(O)[C@@H]1CCCN1.O=C1CC[C@@H](C(=O)O)N1. The first-order valence-electron chi connectivity index (χ1n) is 14.1. The number of amides is 1. The van der Waals surface area contributed by atoms with E-state index in [0.717, 1.165) is 19.4 Å². The molecule has 0 radical (unpaired) electrons. The molecule has 1 amide bonds. The summed E-state index contributed by atoms with van der Waals surface area (Å²) >= 11 is 0. The summed E-state index contributed by atoms with van der Waals surface area (Å²) in [5.74, 6) is -3.54. The Bertz CT molecular complexity index is 849. The van der Waals surface area contributed by atoms with Crippen molar-refractivity contribution in [3.8, 4) is 0 Å². The third-order valence-electron chi connectivity index (χ3n) is 5.85. The van der Waals surface area contributed by atoms with Crippen molar-refractivity contribution in [1.82, 2.24) is 21.3 Å². The van der Waals surface area contributed by atoms with E-state index in [1.54, 1.807) is 21.0 Å². The Labute approximate surface area is 253 Å². The topological polar surface area (TPSA) is 278 Å². The number of likely N-dealkylation sites (N-methyl/N-ethyl adjacent to an activating group) is 2. The lowest BCUT2D eigenvalue weighted by molar-refractivity contribution is -0.140. The summed E-state index contributed by atoms with van der Waals surface area (Å²) in [5.41, 5.74) is 5.22. The fourth-order valence-corrected chi connectivity index (χ4v) is 3.24. The first-order chi connectivity index (χ1) is 19.8. The highest BCUT2D eigenvalue weighted by Gasteiger charge is 2.26. The van der Waals surface area contributed by atoms with E-state index < -0.39 is 48.0 Å². The number of carbonyl (C=O) groups is 6. The standard InChI is InChI=1S/C7H15NO2.C6H13NO2.C5H7NO3.C5H9NO2.C4H9NO2/c1-5(2)4-6(8-3)7(9)10;1-4(2)3-5(7)6(8)9;7-4-2-1-3(6-4)5(8)9;7-5(8)4-2-1-3-6-4;1-3(5-2)4(6)7/h5-6,8H,4H2,1-3H3,(H,9,10);4-5H,3,7H2,1-2H3,(H,8,9);3H,1-2H2,(H,6,7)(H,8,9);4,6H,1-3H2,(H,7,8);3,5H,1-2H3,(H,6,7)/t6-;;3-;4-;3-/m0.000/s1. The lowest BCUT2D eigenvalue weighted by atomic mass is 10.0. The Kier molecular flexibility index (Phi) is 25.8. The van der Waals surface area contributed by atoms with Crippen LogP contribution in [0.5, 0.6) is 0 Å². The molecule has 2 aliphatic heterocycles. The van der Waals surface area contributed by atoms with Crippen LogP contribution in [-0.4, -0.2) is 112 Å². The van der Waals surface area contributed by atoms with Gasteiger partial charge < -0.3 is 52.5 Å². The molecule has 0 aromatic rings. The van der Waals surface area contributed by atoms with Gasteiger partial charge in [0.2, 0.25) is 5.91 Å². The summed E-state index contributed by atoms with van der Waals surface area (Å²) in [6.07, 6.45) is 3.79. The Morgan fingerprint density at radius 3 is 1.44 bits per heavy atom. The molecule has 0 bridgehead atoms. The fraction of sp³-hybridized carbons (Fsp3) is 0.778. The van der Waals surface area contributed by atoms with Crippen LogP contribution < -0.4 is 27.0 Å². The maximum absolute atomic E-state index is 10.4. The van der Waals surface area contributed by atoms with Crippen molar-refractivity contribution in [2.45, 2.75) is 103 Å². The molecule has 43 heavy (non-hydrogen) atoms. The van der Waals surface area contributed by atoms with E-state index in [2.05, 4.69) is 21.3 Å². The highest BCUT2D eigenvalue weighted by Crippen LogP contribution is 2.06. The molecule has 16 nitrogen and oxygen atoms in total. The van der Waals surface area contributed by atoms with E-state index in [1.165, 1.54) is 0 Å². The summed E-state index contributed by atoms with van der Waals surface area (Å²) in [5, 5.41) is 52.1. The minimum absolute atomic E-state index is 0.164. The Morgan fingerprint density at radius 1 is 0.791 bits per heavy atom. The predicted octanol–water partition coefficient (Wildman–Crippen LogP) is 0.00100. The van der Waals surface area contributed by atoms with Gasteiger partial charge in [0.25, 0.3) is 0 Å². The molecular weight excluding hydrogens is 570 g/mol. The van der Waals surface area contributed by atoms with Crippen molar-refractivity contribution < 1.29 is 54.3 Å². The van der Waals surface area contributed by atoms with E-state index in [0.29, 0.717) is 37.5 Å². The summed E-state index contributed by atoms with van der Waals surface area (Å²) in [6.45, 7) is 10.4. The molecule has 0 aromatic carbocycles. The molecule has 0 spiro atoms. The molecule has 5 atom stereocenters. The minimum Gasteiger partial charge on any atom is -0.480 e. The molecule has 2 heterocycles. The fourth-order valence-electron chi connectivity index (χ4n) is 3.24. The van der Waals surface area contributed by atoms with Gasteiger partial charge in [-0.15, -0.1) is 0 Å². The van der Waals surface area contributed by atoms with E-state index >= 15 is 0 Å². The van der Waals surface area contributed by atoms with Gasteiger partial charge in [0.05, 0.1) is 0 Å². The summed E-state index contributed by atoms with van der Waals surface area (Å²) < 4.78 is 0. The lowest BCUT2D eigenvalue weighted by Crippen LogP contribution is -2.34. The number of aliphatic carboxylic acids is 5. The van der Waals surface area contributed by atoms with E-state index in [9.17, 15) is 28.8 Å². The molecule has 2 saturated heterocycles. The smallest absolute Gasteiger partial charge is 0.326 e. The van der Waals surface area contributed by atoms with Gasteiger partial charge >= 0.3 is 29.8 Å². The Morgan fingerprint density at radius 2 is 1.30 bits per heavy atom. The summed E-state index contributed by atoms with van der Waals surface area (Å²) in [4.78, 5) is 61.0.